The van der Waals surface area contributed by atoms with Crippen molar-refractivity contribution in [2.24, 2.45) is 0 Å². The van der Waals surface area contributed by atoms with Gasteiger partial charge in [0, 0.05) is 17.8 Å². The normalized spacial score (nSPS) is 16.7. The van der Waals surface area contributed by atoms with Crippen LogP contribution in [0.3, 0.4) is 0 Å². The van der Waals surface area contributed by atoms with Crippen LogP contribution in [0.1, 0.15) is 36.1 Å². The van der Waals surface area contributed by atoms with Crippen LogP contribution in [-0.4, -0.2) is 76.5 Å². The Kier molecular flexibility index (Phi) is 12.3. The molecule has 46 heavy (non-hydrogen) atoms. The molecule has 4 N–H and O–H groups in total. The highest BCUT2D eigenvalue weighted by atomic mass is 32.2. The van der Waals surface area contributed by atoms with Crippen LogP contribution in [0.4, 0.5) is 0 Å². The van der Waals surface area contributed by atoms with Gasteiger partial charge in [0.25, 0.3) is 5.91 Å². The molecule has 0 radical (unpaired) electrons. The molecule has 0 aliphatic carbocycles. The summed E-state index contributed by atoms with van der Waals surface area (Å²) < 4.78 is 10.2. The fourth-order valence-corrected chi connectivity index (χ4v) is 6.92. The average Bonchev–Trinajstić information content (AvgIpc) is 3.38. The summed E-state index contributed by atoms with van der Waals surface area (Å²) in [4.78, 5) is 29.0. The molecular weight excluding hydrogens is 621 g/mol. The average molecular weight is 665 g/mol. The standard InChI is InChI=1S/C35H44N4O5S2/c1-23-11-9-10-14-26(23)21-37-32(41)31-35(2,3)46-22-39(31)33(42)30(40)27(19-24-12-7-6-8-13-24)38-34(45)36-18-17-25-15-16-28(43-4)29(20-25)44-5/h6-16,20,27,30-31,40H,17-19,21-22H2,1-5H3,(H,37,41)(H2,36,38,45)/t27-,30-,31+/m0/s1. The Hall–Kier alpha value is -3.80. The number of nitrogens with one attached hydrogen (secondary N) is 3. The van der Waals surface area contributed by atoms with E-state index in [0.717, 1.165) is 22.3 Å². The van der Waals surface area contributed by atoms with Gasteiger partial charge in [-0.25, -0.2) is 0 Å². The number of thioether (sulfide) groups is 1. The van der Waals surface area contributed by atoms with Gasteiger partial charge in [0.1, 0.15) is 6.04 Å². The first-order valence-corrected chi connectivity index (χ1v) is 16.7. The molecule has 1 heterocycles. The zero-order valence-electron chi connectivity index (χ0n) is 27.0. The summed E-state index contributed by atoms with van der Waals surface area (Å²) in [5.74, 6) is 0.826. The number of aliphatic hydroxyl groups is 1. The molecule has 9 nitrogen and oxygen atoms in total. The Morgan fingerprint density at radius 2 is 1.70 bits per heavy atom. The van der Waals surface area contributed by atoms with Crippen LogP contribution in [0, 0.1) is 6.92 Å². The van der Waals surface area contributed by atoms with E-state index >= 15 is 0 Å². The number of carbonyl (C=O) groups excluding carboxylic acids is 2. The zero-order valence-corrected chi connectivity index (χ0v) is 28.7. The Bertz CT molecular complexity index is 1500. The highest BCUT2D eigenvalue weighted by molar-refractivity contribution is 8.00. The van der Waals surface area contributed by atoms with Gasteiger partial charge in [0.15, 0.2) is 22.7 Å². The Morgan fingerprint density at radius 1 is 1.00 bits per heavy atom. The predicted molar refractivity (Wildman–Crippen MR) is 187 cm³/mol. The summed E-state index contributed by atoms with van der Waals surface area (Å²) in [6.07, 6.45) is -0.446. The van der Waals surface area contributed by atoms with Crippen molar-refractivity contribution < 1.29 is 24.2 Å². The van der Waals surface area contributed by atoms with Crippen LogP contribution in [0.5, 0.6) is 11.5 Å². The first-order chi connectivity index (χ1) is 22.0. The van der Waals surface area contributed by atoms with Crippen LogP contribution in [0.15, 0.2) is 72.8 Å². The van der Waals surface area contributed by atoms with Gasteiger partial charge in [-0.15, -0.1) is 11.8 Å². The van der Waals surface area contributed by atoms with Gasteiger partial charge >= 0.3 is 0 Å². The Labute approximate surface area is 281 Å². The summed E-state index contributed by atoms with van der Waals surface area (Å²) in [6.45, 7) is 6.77. The second kappa shape index (κ2) is 16.2. The van der Waals surface area contributed by atoms with E-state index in [1.807, 2.05) is 93.6 Å². The number of methoxy groups -OCH3 is 2. The number of amides is 2. The van der Waals surface area contributed by atoms with Crippen molar-refractivity contribution in [2.75, 3.05) is 26.6 Å². The minimum absolute atomic E-state index is 0.251. The molecule has 1 aliphatic rings. The zero-order chi connectivity index (χ0) is 33.3. The number of carbonyl (C=O) groups is 2. The van der Waals surface area contributed by atoms with Crippen molar-refractivity contribution >= 4 is 40.9 Å². The number of thiocarbonyl (C=S) groups is 1. The molecule has 0 spiro atoms. The molecule has 3 atom stereocenters. The molecule has 0 bridgehead atoms. The lowest BCUT2D eigenvalue weighted by Gasteiger charge is -2.33. The summed E-state index contributed by atoms with van der Waals surface area (Å²) in [7, 11) is 3.19. The maximum Gasteiger partial charge on any atom is 0.254 e. The molecule has 1 fully saturated rings. The summed E-state index contributed by atoms with van der Waals surface area (Å²) in [5, 5.41) is 21.3. The number of rotatable bonds is 13. The second-order valence-electron chi connectivity index (χ2n) is 11.8. The number of benzene rings is 3. The monoisotopic (exact) mass is 664 g/mol. The Balaban J connectivity index is 1.44. The first-order valence-electron chi connectivity index (χ1n) is 15.3. The predicted octanol–water partition coefficient (Wildman–Crippen LogP) is 3.99. The number of aliphatic hydroxyl groups excluding tert-OH is 1. The third kappa shape index (κ3) is 8.92. The van der Waals surface area contributed by atoms with Gasteiger partial charge in [-0.2, -0.15) is 0 Å². The third-order valence-electron chi connectivity index (χ3n) is 8.19. The van der Waals surface area contributed by atoms with Crippen LogP contribution < -0.4 is 25.4 Å². The maximum atomic E-state index is 14.0. The number of ether oxygens (including phenoxy) is 2. The lowest BCUT2D eigenvalue weighted by molar-refractivity contribution is -0.147. The van der Waals surface area contributed by atoms with Gasteiger partial charge in [-0.3, -0.25) is 9.59 Å². The van der Waals surface area contributed by atoms with E-state index < -0.39 is 28.8 Å². The molecular formula is C35H44N4O5S2. The molecule has 0 saturated carbocycles. The molecule has 4 rings (SSSR count). The molecule has 0 unspecified atom stereocenters. The van der Waals surface area contributed by atoms with E-state index in [2.05, 4.69) is 16.0 Å². The molecule has 1 saturated heterocycles. The van der Waals surface area contributed by atoms with Crippen LogP contribution in [0.25, 0.3) is 0 Å². The van der Waals surface area contributed by atoms with Crippen molar-refractivity contribution in [1.29, 1.82) is 0 Å². The summed E-state index contributed by atoms with van der Waals surface area (Å²) in [5.41, 5.74) is 4.05. The number of aryl methyl sites for hydroxylation is 1. The molecule has 11 heteroatoms. The van der Waals surface area contributed by atoms with E-state index in [1.54, 1.807) is 14.2 Å². The molecule has 2 amide bonds. The summed E-state index contributed by atoms with van der Waals surface area (Å²) >= 11 is 7.13. The molecule has 1 aliphatic heterocycles. The van der Waals surface area contributed by atoms with Crippen LogP contribution in [0.2, 0.25) is 0 Å². The van der Waals surface area contributed by atoms with Crippen molar-refractivity contribution in [3.05, 3.63) is 95.1 Å². The number of hydrogen-bond donors (Lipinski definition) is 4. The number of nitrogens with zero attached hydrogens (tertiary/aromatic N) is 1. The topological polar surface area (TPSA) is 112 Å². The Morgan fingerprint density at radius 3 is 2.39 bits per heavy atom. The van der Waals surface area contributed by atoms with Crippen molar-refractivity contribution in [3.63, 3.8) is 0 Å². The van der Waals surface area contributed by atoms with E-state index in [0.29, 0.717) is 42.5 Å². The van der Waals surface area contributed by atoms with Crippen LogP contribution >= 0.6 is 24.0 Å². The summed E-state index contributed by atoms with van der Waals surface area (Å²) in [6, 6.07) is 21.7. The van der Waals surface area contributed by atoms with Crippen LogP contribution in [-0.2, 0) is 29.0 Å². The van der Waals surface area contributed by atoms with E-state index in [9.17, 15) is 14.7 Å². The highest BCUT2D eigenvalue weighted by Gasteiger charge is 2.49. The quantitative estimate of drug-likeness (QED) is 0.202. The van der Waals surface area contributed by atoms with Gasteiger partial charge in [-0.1, -0.05) is 60.7 Å². The lowest BCUT2D eigenvalue weighted by atomic mass is 9.97. The van der Waals surface area contributed by atoms with Crippen molar-refractivity contribution in [3.8, 4) is 11.5 Å². The molecule has 0 aromatic heterocycles. The minimum Gasteiger partial charge on any atom is -0.493 e. The van der Waals surface area contributed by atoms with Gasteiger partial charge < -0.3 is 35.4 Å². The lowest BCUT2D eigenvalue weighted by Crippen LogP contribution is -2.59. The van der Waals surface area contributed by atoms with E-state index in [4.69, 9.17) is 21.7 Å². The van der Waals surface area contributed by atoms with Crippen molar-refractivity contribution in [2.45, 2.75) is 63.1 Å². The largest absolute Gasteiger partial charge is 0.493 e. The smallest absolute Gasteiger partial charge is 0.254 e. The molecule has 3 aromatic carbocycles. The van der Waals surface area contributed by atoms with E-state index in [1.165, 1.54) is 16.7 Å². The SMILES string of the molecule is COc1ccc(CCNC(=S)N[C@@H](Cc2ccccc2)[C@H](O)C(=O)N2CSC(C)(C)[C@H]2C(=O)NCc2ccccc2C)cc1OC. The molecule has 246 valence electrons. The fourth-order valence-electron chi connectivity index (χ4n) is 5.53. The van der Waals surface area contributed by atoms with Crippen molar-refractivity contribution in [1.82, 2.24) is 20.9 Å². The third-order valence-corrected chi connectivity index (χ3v) is 9.82. The van der Waals surface area contributed by atoms with E-state index in [-0.39, 0.29) is 11.8 Å². The maximum absolute atomic E-state index is 14.0. The highest BCUT2D eigenvalue weighted by Crippen LogP contribution is 2.40. The van der Waals surface area contributed by atoms with Gasteiger partial charge in [-0.05, 0) is 80.2 Å². The first kappa shape index (κ1) is 35.1. The van der Waals surface area contributed by atoms with Gasteiger partial charge in [0.05, 0.1) is 26.1 Å². The van der Waals surface area contributed by atoms with Gasteiger partial charge in [0.2, 0.25) is 5.91 Å². The fraction of sp³-hybridized carbons (Fsp3) is 0.400. The second-order valence-corrected chi connectivity index (χ2v) is 13.8. The minimum atomic E-state index is -1.45. The number of hydrogen-bond acceptors (Lipinski definition) is 7. The molecule has 3 aromatic rings.